The highest BCUT2D eigenvalue weighted by atomic mass is 35.5. The number of nitrogens with zero attached hydrogens (tertiary/aromatic N) is 1. The minimum Gasteiger partial charge on any atom is -0.508 e. The lowest BCUT2D eigenvalue weighted by Crippen LogP contribution is -1.85. The molecular weight excluding hydrogens is 292 g/mol. The molecule has 0 aliphatic heterocycles. The van der Waals surface area contributed by atoms with Crippen molar-refractivity contribution >= 4 is 33.6 Å². The number of benzene rings is 2. The second-order valence-electron chi connectivity index (χ2n) is 4.21. The normalized spacial score (nSPS) is 10.4. The first-order valence-electron chi connectivity index (χ1n) is 5.98. The van der Waals surface area contributed by atoms with Crippen molar-refractivity contribution in [3.05, 3.63) is 59.8 Å². The number of halogens is 1. The van der Waals surface area contributed by atoms with Gasteiger partial charge in [0.25, 0.3) is 0 Å². The van der Waals surface area contributed by atoms with Gasteiger partial charge in [0.1, 0.15) is 15.8 Å². The van der Waals surface area contributed by atoms with Crippen LogP contribution in [-0.2, 0) is 0 Å². The summed E-state index contributed by atoms with van der Waals surface area (Å²) in [4.78, 5) is 4.39. The van der Waals surface area contributed by atoms with Gasteiger partial charge >= 0.3 is 0 Å². The zero-order chi connectivity index (χ0) is 13.9. The van der Waals surface area contributed by atoms with Gasteiger partial charge < -0.3 is 10.4 Å². The Labute approximate surface area is 125 Å². The minimum atomic E-state index is 0.252. The molecule has 1 heterocycles. The largest absolute Gasteiger partial charge is 0.508 e. The second-order valence-corrected chi connectivity index (χ2v) is 5.68. The molecule has 1 aromatic heterocycles. The molecular formula is C15H11ClN2OS. The van der Waals surface area contributed by atoms with Crippen LogP contribution >= 0.6 is 22.9 Å². The third-order valence-electron chi connectivity index (χ3n) is 2.73. The van der Waals surface area contributed by atoms with Crippen molar-refractivity contribution in [3.8, 4) is 16.3 Å². The van der Waals surface area contributed by atoms with E-state index in [4.69, 9.17) is 11.6 Å². The predicted octanol–water partition coefficient (Wildman–Crippen LogP) is 4.91. The van der Waals surface area contributed by atoms with Gasteiger partial charge in [-0.2, -0.15) is 0 Å². The van der Waals surface area contributed by atoms with E-state index >= 15 is 0 Å². The Hall–Kier alpha value is -2.04. The third-order valence-corrected chi connectivity index (χ3v) is 3.95. The van der Waals surface area contributed by atoms with Crippen LogP contribution in [0.1, 0.15) is 0 Å². The molecule has 0 unspecified atom stereocenters. The molecule has 0 radical (unpaired) electrons. The van der Waals surface area contributed by atoms with Gasteiger partial charge in [-0.1, -0.05) is 35.1 Å². The van der Waals surface area contributed by atoms with Crippen molar-refractivity contribution in [2.45, 2.75) is 0 Å². The summed E-state index contributed by atoms with van der Waals surface area (Å²) in [6.07, 6.45) is 1.79. The van der Waals surface area contributed by atoms with Gasteiger partial charge in [-0.05, 0) is 36.4 Å². The lowest BCUT2D eigenvalue weighted by molar-refractivity contribution is 0.475. The Kier molecular flexibility index (Phi) is 3.58. The fraction of sp³-hybridized carbons (Fsp3) is 0. The molecule has 3 rings (SSSR count). The summed E-state index contributed by atoms with van der Waals surface area (Å²) in [6, 6.07) is 14.5. The molecule has 0 aliphatic carbocycles. The maximum absolute atomic E-state index is 9.25. The number of anilines is 2. The first-order valence-corrected chi connectivity index (χ1v) is 7.18. The summed E-state index contributed by atoms with van der Waals surface area (Å²) in [5, 5.41) is 15.1. The van der Waals surface area contributed by atoms with E-state index in [2.05, 4.69) is 10.3 Å². The summed E-state index contributed by atoms with van der Waals surface area (Å²) < 4.78 is 0. The van der Waals surface area contributed by atoms with E-state index in [1.807, 2.05) is 36.4 Å². The van der Waals surface area contributed by atoms with E-state index < -0.39 is 0 Å². The number of phenols is 1. The van der Waals surface area contributed by atoms with Crippen molar-refractivity contribution in [1.29, 1.82) is 0 Å². The molecule has 0 saturated carbocycles. The van der Waals surface area contributed by atoms with Crippen molar-refractivity contribution < 1.29 is 5.11 Å². The summed E-state index contributed by atoms with van der Waals surface area (Å²) in [5.41, 5.74) is 1.95. The van der Waals surface area contributed by atoms with E-state index in [1.165, 1.54) is 0 Å². The number of aromatic nitrogens is 1. The van der Waals surface area contributed by atoms with E-state index in [0.717, 1.165) is 21.3 Å². The minimum absolute atomic E-state index is 0.252. The third kappa shape index (κ3) is 2.92. The van der Waals surface area contributed by atoms with Crippen molar-refractivity contribution in [2.24, 2.45) is 0 Å². The number of hydrogen-bond donors (Lipinski definition) is 2. The average molecular weight is 303 g/mol. The molecule has 3 nitrogen and oxygen atoms in total. The highest BCUT2D eigenvalue weighted by molar-refractivity contribution is 7.19. The molecule has 20 heavy (non-hydrogen) atoms. The Bertz CT molecular complexity index is 707. The highest BCUT2D eigenvalue weighted by Gasteiger charge is 2.05. The zero-order valence-corrected chi connectivity index (χ0v) is 11.9. The van der Waals surface area contributed by atoms with Gasteiger partial charge in [0.15, 0.2) is 0 Å². The van der Waals surface area contributed by atoms with Crippen LogP contribution in [0.25, 0.3) is 10.6 Å². The summed E-state index contributed by atoms with van der Waals surface area (Å²) in [7, 11) is 0. The lowest BCUT2D eigenvalue weighted by atomic mass is 10.2. The standard InChI is InChI=1S/C15H11ClN2OS/c16-11-3-1-10(2-4-11)15-17-9-14(20-15)18-12-5-7-13(19)8-6-12/h1-9,18-19H. The summed E-state index contributed by atoms with van der Waals surface area (Å²) in [6.45, 7) is 0. The first-order chi connectivity index (χ1) is 9.70. The Morgan fingerprint density at radius 3 is 2.40 bits per heavy atom. The Morgan fingerprint density at radius 1 is 1.00 bits per heavy atom. The van der Waals surface area contributed by atoms with Crippen LogP contribution in [0.5, 0.6) is 5.75 Å². The number of nitrogens with one attached hydrogen (secondary N) is 1. The topological polar surface area (TPSA) is 45.1 Å². The van der Waals surface area contributed by atoms with Crippen LogP contribution in [0.2, 0.25) is 5.02 Å². The second kappa shape index (κ2) is 5.53. The zero-order valence-electron chi connectivity index (χ0n) is 10.4. The molecule has 0 spiro atoms. The monoisotopic (exact) mass is 302 g/mol. The highest BCUT2D eigenvalue weighted by Crippen LogP contribution is 2.31. The predicted molar refractivity (Wildman–Crippen MR) is 83.9 cm³/mol. The molecule has 2 aromatic carbocycles. The van der Waals surface area contributed by atoms with Gasteiger partial charge in [0, 0.05) is 16.3 Å². The smallest absolute Gasteiger partial charge is 0.125 e. The summed E-state index contributed by atoms with van der Waals surface area (Å²) in [5.74, 6) is 0.252. The fourth-order valence-corrected chi connectivity index (χ4v) is 2.71. The van der Waals surface area contributed by atoms with Crippen LogP contribution in [0.15, 0.2) is 54.7 Å². The van der Waals surface area contributed by atoms with E-state index in [1.54, 1.807) is 29.7 Å². The first kappa shape index (κ1) is 13.0. The molecule has 5 heteroatoms. The van der Waals surface area contributed by atoms with Gasteiger partial charge in [-0.3, -0.25) is 0 Å². The molecule has 2 N–H and O–H groups in total. The van der Waals surface area contributed by atoms with Gasteiger partial charge in [0.05, 0.1) is 6.20 Å². The van der Waals surface area contributed by atoms with Gasteiger partial charge in [-0.15, -0.1) is 0 Å². The molecule has 100 valence electrons. The van der Waals surface area contributed by atoms with Crippen molar-refractivity contribution in [1.82, 2.24) is 4.98 Å². The lowest BCUT2D eigenvalue weighted by Gasteiger charge is -2.02. The Morgan fingerprint density at radius 2 is 1.70 bits per heavy atom. The van der Waals surface area contributed by atoms with E-state index in [-0.39, 0.29) is 5.75 Å². The van der Waals surface area contributed by atoms with Gasteiger partial charge in [-0.25, -0.2) is 4.98 Å². The number of hydrogen-bond acceptors (Lipinski definition) is 4. The van der Waals surface area contributed by atoms with Gasteiger partial charge in [0.2, 0.25) is 0 Å². The maximum Gasteiger partial charge on any atom is 0.125 e. The van der Waals surface area contributed by atoms with Crippen LogP contribution in [-0.4, -0.2) is 10.1 Å². The quantitative estimate of drug-likeness (QED) is 0.675. The molecule has 0 saturated heterocycles. The summed E-state index contributed by atoms with van der Waals surface area (Å²) >= 11 is 7.44. The van der Waals surface area contributed by atoms with Crippen LogP contribution in [0.3, 0.4) is 0 Å². The number of thiazole rings is 1. The fourth-order valence-electron chi connectivity index (χ4n) is 1.74. The van der Waals surface area contributed by atoms with Crippen LogP contribution in [0.4, 0.5) is 10.7 Å². The van der Waals surface area contributed by atoms with E-state index in [9.17, 15) is 5.11 Å². The van der Waals surface area contributed by atoms with E-state index in [0.29, 0.717) is 5.02 Å². The molecule has 0 amide bonds. The van der Waals surface area contributed by atoms with Crippen molar-refractivity contribution in [2.75, 3.05) is 5.32 Å². The number of phenolic OH excluding ortho intramolecular Hbond substituents is 1. The molecule has 0 fully saturated rings. The molecule has 3 aromatic rings. The number of rotatable bonds is 3. The Balaban J connectivity index is 1.80. The van der Waals surface area contributed by atoms with Crippen LogP contribution in [0, 0.1) is 0 Å². The average Bonchev–Trinajstić information content (AvgIpc) is 2.91. The maximum atomic E-state index is 9.25. The SMILES string of the molecule is Oc1ccc(Nc2cnc(-c3ccc(Cl)cc3)s2)cc1. The molecule has 0 aliphatic rings. The molecule has 0 bridgehead atoms. The number of aromatic hydroxyl groups is 1. The molecule has 0 atom stereocenters. The van der Waals surface area contributed by atoms with Crippen LogP contribution < -0.4 is 5.32 Å². The van der Waals surface area contributed by atoms with Crippen molar-refractivity contribution in [3.63, 3.8) is 0 Å².